The van der Waals surface area contributed by atoms with Crippen LogP contribution in [0.3, 0.4) is 0 Å². The Morgan fingerprint density at radius 2 is 1.51 bits per heavy atom. The van der Waals surface area contributed by atoms with Crippen LogP contribution in [0, 0.1) is 12.7 Å². The first kappa shape index (κ1) is 54.6. The molecule has 4 aliphatic rings. The fourth-order valence-corrected chi connectivity index (χ4v) is 10.1. The zero-order chi connectivity index (χ0) is 55.3. The van der Waals surface area contributed by atoms with Gasteiger partial charge >= 0.3 is 11.9 Å². The van der Waals surface area contributed by atoms with Crippen molar-refractivity contribution in [3.05, 3.63) is 110 Å². The number of fused-ring (bicyclic) bond motifs is 5. The van der Waals surface area contributed by atoms with Crippen molar-refractivity contribution < 1.29 is 67.3 Å². The number of unbranched alkanes of at least 4 members (excludes halogenated alkanes) is 2. The van der Waals surface area contributed by atoms with E-state index >= 15 is 4.39 Å². The highest BCUT2D eigenvalue weighted by Gasteiger charge is 2.46. The first-order chi connectivity index (χ1) is 36.8. The number of nitrogens with one attached hydrogen (secondary N) is 6. The van der Waals surface area contributed by atoms with Crippen LogP contribution < -0.4 is 37.5 Å². The minimum absolute atomic E-state index is 0.00782. The molecule has 3 aliphatic heterocycles. The van der Waals surface area contributed by atoms with Gasteiger partial charge in [-0.15, -0.1) is 0 Å². The molecule has 0 saturated heterocycles. The number of rotatable bonds is 22. The molecule has 0 saturated carbocycles. The third-order valence-corrected chi connectivity index (χ3v) is 14.2. The molecule has 5 heterocycles. The van der Waals surface area contributed by atoms with Crippen molar-refractivity contribution in [1.29, 1.82) is 0 Å². The Balaban J connectivity index is 0.875. The Labute approximate surface area is 438 Å². The number of carbonyl (C=O) groups is 10. The highest BCUT2D eigenvalue weighted by atomic mass is 19.1. The first-order valence-electron chi connectivity index (χ1n) is 25.1. The average Bonchev–Trinajstić information content (AvgIpc) is 3.95. The van der Waals surface area contributed by atoms with Crippen LogP contribution in [0.15, 0.2) is 59.4 Å². The molecular formula is C53H56FN9O14. The quantitative estimate of drug-likeness (QED) is 0.0260. The van der Waals surface area contributed by atoms with Crippen molar-refractivity contribution in [3.8, 4) is 11.4 Å². The highest BCUT2D eigenvalue weighted by Crippen LogP contribution is 2.46. The Bertz CT molecular complexity index is 3210. The van der Waals surface area contributed by atoms with Gasteiger partial charge in [0.1, 0.15) is 24.5 Å². The summed E-state index contributed by atoms with van der Waals surface area (Å²) in [7, 11) is 0. The predicted octanol–water partition coefficient (Wildman–Crippen LogP) is 0.152. The number of cyclic esters (lactones) is 1. The Hall–Kier alpha value is -8.67. The van der Waals surface area contributed by atoms with Crippen molar-refractivity contribution >= 4 is 70.1 Å². The molecule has 0 bridgehead atoms. The number of imide groups is 1. The lowest BCUT2D eigenvalue weighted by molar-refractivity contribution is -0.172. The van der Waals surface area contributed by atoms with E-state index in [1.807, 2.05) is 0 Å². The number of carbonyl (C=O) groups excluding carboxylic acids is 9. The number of hydrogen-bond donors (Lipinski definition) is 8. The number of pyridine rings is 2. The number of ether oxygens (including phenoxy) is 1. The van der Waals surface area contributed by atoms with Crippen LogP contribution in [0.25, 0.3) is 22.3 Å². The minimum atomic E-state index is -2.08. The van der Waals surface area contributed by atoms with Gasteiger partial charge in [0.15, 0.2) is 5.60 Å². The molecule has 4 aromatic rings. The SMILES string of the molecule is CC[C@@]1(O)C(=O)OCc2c1cc1n(c2=O)Cc2c-1nc1cc(F)c(C)c3c1c2C(NC(=O)CNC(=O)[C@H](Cc1ccccc1)NC(=O)CNC(=O)CNC(=O)[C@H](CC(=O)O)NC(=O)CCCCCN1C(=O)C=CC1=O)CC3. The Morgan fingerprint density at radius 3 is 2.21 bits per heavy atom. The maximum absolute atomic E-state index is 15.5. The Morgan fingerprint density at radius 1 is 0.831 bits per heavy atom. The minimum Gasteiger partial charge on any atom is -0.481 e. The van der Waals surface area contributed by atoms with Gasteiger partial charge in [0.25, 0.3) is 17.4 Å². The molecule has 77 heavy (non-hydrogen) atoms. The van der Waals surface area contributed by atoms with Gasteiger partial charge in [0, 0.05) is 54.1 Å². The number of aliphatic hydroxyl groups is 1. The van der Waals surface area contributed by atoms with Crippen LogP contribution in [-0.4, -0.2) is 122 Å². The number of nitrogens with zero attached hydrogens (tertiary/aromatic N) is 3. The molecule has 8 rings (SSSR count). The number of aromatic nitrogens is 2. The molecule has 8 N–H and O–H groups in total. The number of benzene rings is 2. The van der Waals surface area contributed by atoms with Crippen LogP contribution in [0.5, 0.6) is 0 Å². The number of aliphatic carboxylic acids is 1. The summed E-state index contributed by atoms with van der Waals surface area (Å²) in [5, 5.41) is 36.4. The van der Waals surface area contributed by atoms with Crippen LogP contribution in [0.4, 0.5) is 4.39 Å². The van der Waals surface area contributed by atoms with Crippen LogP contribution >= 0.6 is 0 Å². The summed E-state index contributed by atoms with van der Waals surface area (Å²) in [6.07, 6.45) is 3.16. The maximum atomic E-state index is 15.5. The fourth-order valence-electron chi connectivity index (χ4n) is 10.1. The summed E-state index contributed by atoms with van der Waals surface area (Å²) in [6, 6.07) is 7.94. The van der Waals surface area contributed by atoms with Crippen molar-refractivity contribution in [2.75, 3.05) is 26.2 Å². The summed E-state index contributed by atoms with van der Waals surface area (Å²) in [4.78, 5) is 147. The van der Waals surface area contributed by atoms with Gasteiger partial charge in [0.05, 0.1) is 61.1 Å². The second-order valence-corrected chi connectivity index (χ2v) is 19.2. The van der Waals surface area contributed by atoms with Crippen molar-refractivity contribution in [3.63, 3.8) is 0 Å². The number of hydrogen-bond acceptors (Lipinski definition) is 14. The number of esters is 1. The second-order valence-electron chi connectivity index (χ2n) is 19.2. The molecule has 1 aliphatic carbocycles. The van der Waals surface area contributed by atoms with Gasteiger partial charge in [-0.05, 0) is 67.3 Å². The molecule has 2 aromatic heterocycles. The van der Waals surface area contributed by atoms with Crippen LogP contribution in [0.1, 0.15) is 96.9 Å². The van der Waals surface area contributed by atoms with Crippen LogP contribution in [-0.2, 0) is 84.3 Å². The van der Waals surface area contributed by atoms with Gasteiger partial charge < -0.3 is 51.4 Å². The summed E-state index contributed by atoms with van der Waals surface area (Å²) in [5.74, 6) is -8.34. The third-order valence-electron chi connectivity index (χ3n) is 14.2. The normalized spacial score (nSPS) is 17.6. The standard InChI is InChI=1S/C53H56FN9O14/c1-3-53(76)32-19-38-48-30(25-63(38)51(74)31(32)26-77-52(53)75)47-34(14-13-29-27(2)33(54)20-35(61-48)46(29)47)58-42(67)24-57-49(72)36(18-28-10-6-4-7-11-28)60-41(66)23-55-40(65)22-56-50(73)37(21-45(70)71)59-39(64)12-8-5-9-17-62-43(68)15-16-44(62)69/h4,6-7,10-11,15-16,19-20,34,36-37,76H,3,5,8-9,12-14,17-18,21-26H2,1-2H3,(H,55,65)(H,56,73)(H,57,72)(H,58,67)(H,59,64)(H,60,66)(H,70,71)/t34?,36-,37-,53-/m0/s1. The Kier molecular flexibility index (Phi) is 16.4. The van der Waals surface area contributed by atoms with Gasteiger partial charge in [-0.1, -0.05) is 43.7 Å². The smallest absolute Gasteiger partial charge is 0.343 e. The number of aryl methyl sites for hydroxylation is 1. The number of carboxylic acid groups (broad SMARTS) is 1. The van der Waals surface area contributed by atoms with E-state index in [-0.39, 0.29) is 55.6 Å². The molecule has 0 fully saturated rings. The van der Waals surface area contributed by atoms with Crippen molar-refractivity contribution in [2.45, 2.75) is 109 Å². The fraction of sp³-hybridized carbons (Fsp3) is 0.396. The molecule has 404 valence electrons. The lowest BCUT2D eigenvalue weighted by Crippen LogP contribution is -2.53. The van der Waals surface area contributed by atoms with Gasteiger partial charge in [-0.3, -0.25) is 52.8 Å². The van der Waals surface area contributed by atoms with E-state index in [0.717, 1.165) is 17.1 Å². The molecule has 4 atom stereocenters. The number of carboxylic acids is 1. The van der Waals surface area contributed by atoms with Gasteiger partial charge in [0.2, 0.25) is 35.4 Å². The zero-order valence-electron chi connectivity index (χ0n) is 42.0. The van der Waals surface area contributed by atoms with E-state index in [0.29, 0.717) is 76.7 Å². The molecule has 24 heteroatoms. The van der Waals surface area contributed by atoms with Crippen molar-refractivity contribution in [2.24, 2.45) is 0 Å². The van der Waals surface area contributed by atoms with E-state index in [4.69, 9.17) is 9.72 Å². The summed E-state index contributed by atoms with van der Waals surface area (Å²) >= 11 is 0. The number of halogens is 1. The summed E-state index contributed by atoms with van der Waals surface area (Å²) in [6.45, 7) is 1.13. The first-order valence-corrected chi connectivity index (χ1v) is 25.1. The summed E-state index contributed by atoms with van der Waals surface area (Å²) < 4.78 is 22.1. The maximum Gasteiger partial charge on any atom is 0.343 e. The zero-order valence-corrected chi connectivity index (χ0v) is 42.0. The molecule has 0 spiro atoms. The van der Waals surface area contributed by atoms with E-state index < -0.39 is 120 Å². The van der Waals surface area contributed by atoms with E-state index in [2.05, 4.69) is 31.9 Å². The lowest BCUT2D eigenvalue weighted by atomic mass is 9.81. The third kappa shape index (κ3) is 11.8. The predicted molar refractivity (Wildman–Crippen MR) is 268 cm³/mol. The molecular weight excluding hydrogens is 1010 g/mol. The van der Waals surface area contributed by atoms with E-state index in [1.165, 1.54) is 10.6 Å². The van der Waals surface area contributed by atoms with Gasteiger partial charge in [-0.2, -0.15) is 0 Å². The largest absolute Gasteiger partial charge is 0.481 e. The molecule has 23 nitrogen and oxygen atoms in total. The molecule has 1 unspecified atom stereocenters. The molecule has 0 radical (unpaired) electrons. The average molecular weight is 1060 g/mol. The topological polar surface area (TPSA) is 331 Å². The van der Waals surface area contributed by atoms with Crippen molar-refractivity contribution in [1.82, 2.24) is 46.4 Å². The monoisotopic (exact) mass is 1060 g/mol. The van der Waals surface area contributed by atoms with Gasteiger partial charge in [-0.25, -0.2) is 14.2 Å². The number of amides is 8. The molecule has 8 amide bonds. The second kappa shape index (κ2) is 23.1. The summed E-state index contributed by atoms with van der Waals surface area (Å²) in [5.41, 5.74) is 1.41. The highest BCUT2D eigenvalue weighted by molar-refractivity contribution is 6.12. The van der Waals surface area contributed by atoms with E-state index in [9.17, 15) is 63.0 Å². The molecule has 2 aromatic carbocycles. The van der Waals surface area contributed by atoms with Crippen LogP contribution in [0.2, 0.25) is 0 Å². The lowest BCUT2D eigenvalue weighted by Gasteiger charge is -2.31. The van der Waals surface area contributed by atoms with E-state index in [1.54, 1.807) is 50.2 Å².